The normalized spacial score (nSPS) is 13.0. The molecule has 0 aliphatic carbocycles. The Bertz CT molecular complexity index is 1200. The van der Waals surface area contributed by atoms with Crippen LogP contribution in [0.1, 0.15) is 226 Å². The lowest BCUT2D eigenvalue weighted by Crippen LogP contribution is -2.30. The van der Waals surface area contributed by atoms with Gasteiger partial charge in [-0.2, -0.15) is 0 Å². The van der Waals surface area contributed by atoms with Crippen molar-refractivity contribution < 1.29 is 23.8 Å². The van der Waals surface area contributed by atoms with Crippen LogP contribution in [-0.2, 0) is 23.8 Å². The highest BCUT2D eigenvalue weighted by atomic mass is 16.6. The molecule has 0 aromatic rings. The summed E-state index contributed by atoms with van der Waals surface area (Å²) in [5.74, 6) is -0.547. The van der Waals surface area contributed by atoms with E-state index in [-0.39, 0.29) is 31.6 Å². The van der Waals surface area contributed by atoms with Crippen LogP contribution in [0.25, 0.3) is 0 Å². The molecule has 0 fully saturated rings. The van der Waals surface area contributed by atoms with Crippen molar-refractivity contribution in [3.05, 3.63) is 97.2 Å². The van der Waals surface area contributed by atoms with Gasteiger partial charge in [-0.15, -0.1) is 0 Å². The second kappa shape index (κ2) is 52.2. The quantitative estimate of drug-likeness (QED) is 0.0347. The van der Waals surface area contributed by atoms with E-state index in [1.807, 2.05) is 12.2 Å². The van der Waals surface area contributed by atoms with Crippen molar-refractivity contribution in [2.24, 2.45) is 0 Å². The molecule has 0 bridgehead atoms. The molecule has 0 N–H and O–H groups in total. The van der Waals surface area contributed by atoms with Gasteiger partial charge in [-0.3, -0.25) is 9.59 Å². The molecule has 0 heterocycles. The summed E-state index contributed by atoms with van der Waals surface area (Å²) >= 11 is 0. The van der Waals surface area contributed by atoms with Crippen LogP contribution in [-0.4, -0.2) is 37.9 Å². The topological polar surface area (TPSA) is 61.8 Å². The molecule has 0 rings (SSSR count). The van der Waals surface area contributed by atoms with E-state index >= 15 is 0 Å². The maximum Gasteiger partial charge on any atom is 0.309 e. The largest absolute Gasteiger partial charge is 0.461 e. The second-order valence-corrected chi connectivity index (χ2v) is 16.7. The molecule has 0 spiro atoms. The van der Waals surface area contributed by atoms with Gasteiger partial charge in [-0.1, -0.05) is 234 Å². The van der Waals surface area contributed by atoms with Crippen LogP contribution in [0.15, 0.2) is 97.2 Å². The summed E-state index contributed by atoms with van der Waals surface area (Å²) in [6, 6.07) is 0. The molecule has 0 aromatic heterocycles. The summed E-state index contributed by atoms with van der Waals surface area (Å²) in [5, 5.41) is 0. The minimum atomic E-state index is -0.582. The minimum Gasteiger partial charge on any atom is -0.461 e. The molecule has 1 unspecified atom stereocenters. The first-order chi connectivity index (χ1) is 30.6. The first-order valence-electron chi connectivity index (χ1n) is 25.8. The summed E-state index contributed by atoms with van der Waals surface area (Å²) in [7, 11) is 0. The number of hydrogen-bond acceptors (Lipinski definition) is 5. The smallest absolute Gasteiger partial charge is 0.309 e. The summed E-state index contributed by atoms with van der Waals surface area (Å²) in [5.41, 5.74) is 0. The molecule has 0 aliphatic heterocycles. The Morgan fingerprint density at radius 2 is 0.774 bits per heavy atom. The van der Waals surface area contributed by atoms with Crippen molar-refractivity contribution in [1.29, 1.82) is 0 Å². The fraction of sp³-hybridized carbons (Fsp3) is 0.684. The van der Waals surface area contributed by atoms with Gasteiger partial charge in [0.2, 0.25) is 0 Å². The highest BCUT2D eigenvalue weighted by Crippen LogP contribution is 2.14. The molecular formula is C57H96O5. The van der Waals surface area contributed by atoms with E-state index in [0.29, 0.717) is 13.0 Å². The standard InChI is InChI=1S/C57H96O5/c1-4-7-10-13-16-19-22-25-27-28-29-31-34-37-40-43-46-49-52-60-53-55(62-57(59)51-48-45-42-39-36-32-24-21-18-15-12-9-6-3)54-61-56(58)50-47-44-41-38-35-33-30-26-23-20-17-14-11-8-5-2/h7-8,10-11,16-17,19-20,25-27,30,35,38,44,47,55H,4-6,9,12-15,18,21-24,28-29,31-34,36-37,39-43,45-46,48-54H2,1-3H3/b10-7-,11-8-,19-16-,20-17-,27-25-,30-26-,38-35-,47-44-. The summed E-state index contributed by atoms with van der Waals surface area (Å²) < 4.78 is 17.3. The van der Waals surface area contributed by atoms with Gasteiger partial charge in [0.25, 0.3) is 0 Å². The fourth-order valence-corrected chi connectivity index (χ4v) is 6.89. The van der Waals surface area contributed by atoms with E-state index in [1.54, 1.807) is 0 Å². The molecule has 1 atom stereocenters. The van der Waals surface area contributed by atoms with E-state index in [1.165, 1.54) is 109 Å². The van der Waals surface area contributed by atoms with Crippen molar-refractivity contribution in [2.75, 3.05) is 19.8 Å². The summed E-state index contributed by atoms with van der Waals surface area (Å²) in [6.45, 7) is 7.48. The maximum atomic E-state index is 12.8. The van der Waals surface area contributed by atoms with E-state index in [9.17, 15) is 9.59 Å². The van der Waals surface area contributed by atoms with Crippen molar-refractivity contribution in [3.63, 3.8) is 0 Å². The van der Waals surface area contributed by atoms with Crippen LogP contribution in [0.3, 0.4) is 0 Å². The lowest BCUT2D eigenvalue weighted by molar-refractivity contribution is -0.162. The number of esters is 2. The SMILES string of the molecule is CC/C=C\C/C=C\C/C=C\C/C=C\C/C=C\CC(=O)OCC(COCCCCCCCCCC/C=C\C/C=C\C/C=C\CC)OC(=O)CCCCCCCCCCCCCCC. The van der Waals surface area contributed by atoms with Crippen LogP contribution in [0.5, 0.6) is 0 Å². The molecule has 0 aliphatic rings. The zero-order valence-electron chi connectivity index (χ0n) is 40.6. The Morgan fingerprint density at radius 1 is 0.387 bits per heavy atom. The Morgan fingerprint density at radius 3 is 1.24 bits per heavy atom. The zero-order chi connectivity index (χ0) is 44.9. The number of carbonyl (C=O) groups excluding carboxylic acids is 2. The molecular weight excluding hydrogens is 765 g/mol. The third-order valence-corrected chi connectivity index (χ3v) is 10.6. The third kappa shape index (κ3) is 49.5. The van der Waals surface area contributed by atoms with Crippen LogP contribution in [0.2, 0.25) is 0 Å². The fourth-order valence-electron chi connectivity index (χ4n) is 6.89. The van der Waals surface area contributed by atoms with Gasteiger partial charge in [0.05, 0.1) is 13.0 Å². The van der Waals surface area contributed by atoms with Gasteiger partial charge >= 0.3 is 11.9 Å². The minimum absolute atomic E-state index is 0.0255. The predicted molar refractivity (Wildman–Crippen MR) is 270 cm³/mol. The van der Waals surface area contributed by atoms with Crippen molar-refractivity contribution in [3.8, 4) is 0 Å². The predicted octanol–water partition coefficient (Wildman–Crippen LogP) is 17.5. The van der Waals surface area contributed by atoms with Gasteiger partial charge in [-0.25, -0.2) is 0 Å². The average molecular weight is 861 g/mol. The van der Waals surface area contributed by atoms with E-state index in [0.717, 1.165) is 83.5 Å². The summed E-state index contributed by atoms with van der Waals surface area (Å²) in [4.78, 5) is 25.3. The second-order valence-electron chi connectivity index (χ2n) is 16.7. The number of hydrogen-bond donors (Lipinski definition) is 0. The average Bonchev–Trinajstić information content (AvgIpc) is 3.27. The molecule has 0 saturated heterocycles. The Balaban J connectivity index is 4.38. The Kier molecular flexibility index (Phi) is 49.5. The molecule has 62 heavy (non-hydrogen) atoms. The summed E-state index contributed by atoms with van der Waals surface area (Å²) in [6.07, 6.45) is 70.1. The maximum absolute atomic E-state index is 12.8. The number of rotatable bonds is 46. The molecule has 0 aromatic carbocycles. The van der Waals surface area contributed by atoms with E-state index in [2.05, 4.69) is 106 Å². The highest BCUT2D eigenvalue weighted by molar-refractivity contribution is 5.71. The Hall–Kier alpha value is -3.18. The molecule has 354 valence electrons. The van der Waals surface area contributed by atoms with Gasteiger partial charge in [0, 0.05) is 13.0 Å². The van der Waals surface area contributed by atoms with Gasteiger partial charge in [0.1, 0.15) is 6.61 Å². The molecule has 5 heteroatoms. The van der Waals surface area contributed by atoms with Crippen molar-refractivity contribution >= 4 is 11.9 Å². The van der Waals surface area contributed by atoms with E-state index in [4.69, 9.17) is 14.2 Å². The van der Waals surface area contributed by atoms with Gasteiger partial charge < -0.3 is 14.2 Å². The molecule has 5 nitrogen and oxygen atoms in total. The van der Waals surface area contributed by atoms with E-state index < -0.39 is 6.10 Å². The van der Waals surface area contributed by atoms with Crippen molar-refractivity contribution in [1.82, 2.24) is 0 Å². The van der Waals surface area contributed by atoms with Crippen LogP contribution >= 0.6 is 0 Å². The lowest BCUT2D eigenvalue weighted by atomic mass is 10.0. The molecule has 0 radical (unpaired) electrons. The zero-order valence-corrected chi connectivity index (χ0v) is 40.6. The van der Waals surface area contributed by atoms with Crippen molar-refractivity contribution in [2.45, 2.75) is 232 Å². The third-order valence-electron chi connectivity index (χ3n) is 10.6. The number of unbranched alkanes of at least 4 members (excludes halogenated alkanes) is 20. The number of ether oxygens (including phenoxy) is 3. The Labute approximate surface area is 383 Å². The van der Waals surface area contributed by atoms with Crippen LogP contribution in [0.4, 0.5) is 0 Å². The van der Waals surface area contributed by atoms with Gasteiger partial charge in [-0.05, 0) is 77.0 Å². The number of carbonyl (C=O) groups is 2. The first-order valence-corrected chi connectivity index (χ1v) is 25.8. The lowest BCUT2D eigenvalue weighted by Gasteiger charge is -2.18. The number of allylic oxidation sites excluding steroid dienone is 15. The van der Waals surface area contributed by atoms with Gasteiger partial charge in [0.15, 0.2) is 6.10 Å². The monoisotopic (exact) mass is 861 g/mol. The highest BCUT2D eigenvalue weighted by Gasteiger charge is 2.17. The van der Waals surface area contributed by atoms with Crippen LogP contribution in [0, 0.1) is 0 Å². The van der Waals surface area contributed by atoms with Crippen LogP contribution < -0.4 is 0 Å². The first kappa shape index (κ1) is 58.8. The molecule has 0 amide bonds. The molecule has 0 saturated carbocycles.